The predicted octanol–water partition coefficient (Wildman–Crippen LogP) is 5.06. The number of nitrogens with two attached hydrogens (primary N) is 1. The minimum absolute atomic E-state index is 0.128. The molecule has 0 atom stereocenters. The van der Waals surface area contributed by atoms with Crippen molar-refractivity contribution in [2.75, 3.05) is 18.5 Å². The summed E-state index contributed by atoms with van der Waals surface area (Å²) in [5.41, 5.74) is 8.54. The van der Waals surface area contributed by atoms with E-state index in [1.807, 2.05) is 42.5 Å². The maximum atomic E-state index is 12.6. The SMILES string of the molecule is CC(C)N(CCOC(=O)Nc1cc(Cn2c(C(=O)O)cc3ccc(CN)nc32)c2ccccc2c1)C(C)C. The van der Waals surface area contributed by atoms with Gasteiger partial charge in [0.1, 0.15) is 17.9 Å². The van der Waals surface area contributed by atoms with Crippen LogP contribution in [0.5, 0.6) is 0 Å². The molecule has 0 radical (unpaired) electrons. The molecule has 200 valence electrons. The van der Waals surface area contributed by atoms with Crippen LogP contribution in [0.15, 0.2) is 54.6 Å². The molecule has 4 aromatic rings. The fourth-order valence-electron chi connectivity index (χ4n) is 4.89. The van der Waals surface area contributed by atoms with E-state index in [4.69, 9.17) is 10.5 Å². The second-order valence-corrected chi connectivity index (χ2v) is 9.88. The minimum Gasteiger partial charge on any atom is -0.477 e. The molecular weight excluding hydrogens is 482 g/mol. The number of carbonyl (C=O) groups is 2. The van der Waals surface area contributed by atoms with Gasteiger partial charge in [-0.25, -0.2) is 14.6 Å². The van der Waals surface area contributed by atoms with Gasteiger partial charge in [-0.15, -0.1) is 0 Å². The summed E-state index contributed by atoms with van der Waals surface area (Å²) < 4.78 is 7.15. The molecule has 1 amide bonds. The van der Waals surface area contributed by atoms with Crippen LogP contribution < -0.4 is 11.1 Å². The Kier molecular flexibility index (Phi) is 8.29. The third-order valence-electron chi connectivity index (χ3n) is 6.66. The number of amides is 1. The van der Waals surface area contributed by atoms with Gasteiger partial charge in [0, 0.05) is 36.2 Å². The smallest absolute Gasteiger partial charge is 0.411 e. The average Bonchev–Trinajstić information content (AvgIpc) is 3.24. The van der Waals surface area contributed by atoms with Crippen LogP contribution in [0.1, 0.15) is 49.4 Å². The molecule has 9 heteroatoms. The lowest BCUT2D eigenvalue weighted by atomic mass is 10.0. The van der Waals surface area contributed by atoms with Crippen molar-refractivity contribution in [2.24, 2.45) is 5.73 Å². The molecule has 0 saturated heterocycles. The van der Waals surface area contributed by atoms with E-state index in [1.54, 1.807) is 16.7 Å². The Bertz CT molecular complexity index is 1450. The Morgan fingerprint density at radius 3 is 2.47 bits per heavy atom. The van der Waals surface area contributed by atoms with Crippen LogP contribution in [0.4, 0.5) is 10.5 Å². The van der Waals surface area contributed by atoms with Gasteiger partial charge >= 0.3 is 12.1 Å². The van der Waals surface area contributed by atoms with E-state index in [-0.39, 0.29) is 25.4 Å². The van der Waals surface area contributed by atoms with Gasteiger partial charge in [-0.05, 0) is 74.4 Å². The van der Waals surface area contributed by atoms with Crippen molar-refractivity contribution >= 4 is 39.6 Å². The van der Waals surface area contributed by atoms with Crippen LogP contribution in [-0.4, -0.2) is 56.9 Å². The van der Waals surface area contributed by atoms with Crippen molar-refractivity contribution < 1.29 is 19.4 Å². The zero-order chi connectivity index (χ0) is 27.4. The molecule has 0 aliphatic heterocycles. The van der Waals surface area contributed by atoms with Crippen LogP contribution in [0, 0.1) is 0 Å². The molecule has 0 fully saturated rings. The van der Waals surface area contributed by atoms with Crippen LogP contribution in [0.2, 0.25) is 0 Å². The van der Waals surface area contributed by atoms with Crippen LogP contribution in [-0.2, 0) is 17.8 Å². The summed E-state index contributed by atoms with van der Waals surface area (Å²) in [5, 5.41) is 15.3. The number of rotatable bonds is 10. The van der Waals surface area contributed by atoms with Gasteiger partial charge in [0.05, 0.1) is 12.2 Å². The summed E-state index contributed by atoms with van der Waals surface area (Å²) in [6.07, 6.45) is -0.536. The van der Waals surface area contributed by atoms with Crippen LogP contribution in [0.3, 0.4) is 0 Å². The molecule has 2 aromatic heterocycles. The fraction of sp³-hybridized carbons (Fsp3) is 0.345. The number of hydrogen-bond donors (Lipinski definition) is 3. The monoisotopic (exact) mass is 517 g/mol. The number of benzene rings is 2. The highest BCUT2D eigenvalue weighted by Crippen LogP contribution is 2.28. The first-order valence-corrected chi connectivity index (χ1v) is 12.8. The highest BCUT2D eigenvalue weighted by molar-refractivity contribution is 5.95. The lowest BCUT2D eigenvalue weighted by molar-refractivity contribution is 0.0686. The molecular formula is C29H35N5O4. The molecule has 0 aliphatic carbocycles. The van der Waals surface area contributed by atoms with Crippen LogP contribution in [0.25, 0.3) is 21.8 Å². The first-order valence-electron chi connectivity index (χ1n) is 12.8. The Hall–Kier alpha value is -3.95. The summed E-state index contributed by atoms with van der Waals surface area (Å²) in [5.74, 6) is -1.05. The van der Waals surface area contributed by atoms with E-state index in [2.05, 4.69) is 42.9 Å². The average molecular weight is 518 g/mol. The van der Waals surface area contributed by atoms with E-state index in [0.29, 0.717) is 35.7 Å². The fourth-order valence-corrected chi connectivity index (χ4v) is 4.89. The standard InChI is InChI=1S/C29H35N5O4/c1-18(2)33(19(3)4)11-12-38-29(37)32-24-13-20-7-5-6-8-25(20)22(14-24)17-34-26(28(35)36)15-21-9-10-23(16-30)31-27(21)34/h5-10,13-15,18-19H,11-12,16-17,30H2,1-4H3,(H,32,37)(H,35,36). The number of hydrogen-bond acceptors (Lipinski definition) is 6. The minimum atomic E-state index is -1.05. The van der Waals surface area contributed by atoms with Crippen molar-refractivity contribution in [1.82, 2.24) is 14.5 Å². The highest BCUT2D eigenvalue weighted by atomic mass is 16.5. The summed E-state index contributed by atoms with van der Waals surface area (Å²) in [6, 6.07) is 17.4. The third kappa shape index (κ3) is 5.95. The topological polar surface area (TPSA) is 123 Å². The number of carbonyl (C=O) groups excluding carboxylic acids is 1. The van der Waals surface area contributed by atoms with E-state index >= 15 is 0 Å². The first-order chi connectivity index (χ1) is 18.2. The molecule has 0 bridgehead atoms. The predicted molar refractivity (Wildman–Crippen MR) is 150 cm³/mol. The number of aromatic carboxylic acids is 1. The molecule has 0 spiro atoms. The Morgan fingerprint density at radius 2 is 1.79 bits per heavy atom. The normalized spacial score (nSPS) is 11.7. The van der Waals surface area contributed by atoms with E-state index in [1.165, 1.54) is 0 Å². The van der Waals surface area contributed by atoms with Crippen molar-refractivity contribution in [1.29, 1.82) is 0 Å². The molecule has 38 heavy (non-hydrogen) atoms. The second-order valence-electron chi connectivity index (χ2n) is 9.88. The molecule has 4 rings (SSSR count). The summed E-state index contributed by atoms with van der Waals surface area (Å²) in [4.78, 5) is 31.6. The van der Waals surface area contributed by atoms with Gasteiger partial charge in [-0.3, -0.25) is 10.2 Å². The Labute approximate surface area is 222 Å². The lowest BCUT2D eigenvalue weighted by Crippen LogP contribution is -2.39. The van der Waals surface area contributed by atoms with E-state index < -0.39 is 12.1 Å². The highest BCUT2D eigenvalue weighted by Gasteiger charge is 2.18. The summed E-state index contributed by atoms with van der Waals surface area (Å²) in [6.45, 7) is 9.88. The Morgan fingerprint density at radius 1 is 1.05 bits per heavy atom. The number of carboxylic acids is 1. The van der Waals surface area contributed by atoms with E-state index in [9.17, 15) is 14.7 Å². The molecule has 0 saturated carbocycles. The third-order valence-corrected chi connectivity index (χ3v) is 6.66. The summed E-state index contributed by atoms with van der Waals surface area (Å²) in [7, 11) is 0. The molecule has 2 aromatic carbocycles. The largest absolute Gasteiger partial charge is 0.477 e. The number of nitrogens with zero attached hydrogens (tertiary/aromatic N) is 3. The number of aromatic nitrogens is 2. The number of fused-ring (bicyclic) bond motifs is 2. The van der Waals surface area contributed by atoms with Gasteiger partial charge in [0.25, 0.3) is 0 Å². The summed E-state index contributed by atoms with van der Waals surface area (Å²) >= 11 is 0. The maximum absolute atomic E-state index is 12.6. The van der Waals surface area contributed by atoms with Gasteiger partial charge < -0.3 is 20.1 Å². The van der Waals surface area contributed by atoms with Gasteiger partial charge in [0.2, 0.25) is 0 Å². The number of ether oxygens (including phenoxy) is 1. The molecule has 0 unspecified atom stereocenters. The van der Waals surface area contributed by atoms with E-state index in [0.717, 1.165) is 21.7 Å². The maximum Gasteiger partial charge on any atom is 0.411 e. The van der Waals surface area contributed by atoms with Crippen molar-refractivity contribution in [3.8, 4) is 0 Å². The number of nitrogens with one attached hydrogen (secondary N) is 1. The quantitative estimate of drug-likeness (QED) is 0.269. The zero-order valence-corrected chi connectivity index (χ0v) is 22.3. The molecule has 0 aliphatic rings. The van der Waals surface area contributed by atoms with Crippen molar-refractivity contribution in [3.05, 3.63) is 71.5 Å². The molecule has 4 N–H and O–H groups in total. The number of anilines is 1. The molecule has 2 heterocycles. The molecule has 9 nitrogen and oxygen atoms in total. The number of pyridine rings is 1. The van der Waals surface area contributed by atoms with Gasteiger partial charge in [-0.2, -0.15) is 0 Å². The van der Waals surface area contributed by atoms with Crippen molar-refractivity contribution in [2.45, 2.75) is 52.9 Å². The lowest BCUT2D eigenvalue weighted by Gasteiger charge is -2.30. The van der Waals surface area contributed by atoms with Gasteiger partial charge in [-0.1, -0.05) is 24.3 Å². The van der Waals surface area contributed by atoms with Gasteiger partial charge in [0.15, 0.2) is 0 Å². The van der Waals surface area contributed by atoms with Crippen molar-refractivity contribution in [3.63, 3.8) is 0 Å². The number of carboxylic acid groups (broad SMARTS) is 1. The first kappa shape index (κ1) is 27.1. The zero-order valence-electron chi connectivity index (χ0n) is 22.3. The van der Waals surface area contributed by atoms with Crippen LogP contribution >= 0.6 is 0 Å². The Balaban J connectivity index is 1.63. The second kappa shape index (κ2) is 11.6.